The summed E-state index contributed by atoms with van der Waals surface area (Å²) in [7, 11) is 3.63. The van der Waals surface area contributed by atoms with Crippen LogP contribution < -0.4 is 4.90 Å². The number of ether oxygens (including phenoxy) is 1. The van der Waals surface area contributed by atoms with Crippen molar-refractivity contribution in [2.24, 2.45) is 18.9 Å². The number of anilines is 1. The van der Waals surface area contributed by atoms with E-state index in [0.717, 1.165) is 11.3 Å². The second kappa shape index (κ2) is 7.05. The van der Waals surface area contributed by atoms with Crippen LogP contribution in [0.2, 0.25) is 0 Å². The number of fused-ring (bicyclic) bond motifs is 1. The minimum absolute atomic E-state index is 0.0303. The molecular weight excluding hydrogens is 392 g/mol. The van der Waals surface area contributed by atoms with E-state index in [1.165, 1.54) is 5.56 Å². The lowest BCUT2D eigenvalue weighted by atomic mass is 9.76. The maximum Gasteiger partial charge on any atom is 0.234 e. The summed E-state index contributed by atoms with van der Waals surface area (Å²) in [6, 6.07) is 8.12. The van der Waals surface area contributed by atoms with E-state index in [0.29, 0.717) is 19.0 Å². The van der Waals surface area contributed by atoms with Crippen LogP contribution in [-0.4, -0.2) is 51.8 Å². The van der Waals surface area contributed by atoms with Crippen LogP contribution in [0.3, 0.4) is 0 Å². The number of amides is 2. The normalized spacial score (nSPS) is 28.6. The molecule has 1 aromatic heterocycles. The minimum atomic E-state index is -0.714. The van der Waals surface area contributed by atoms with Crippen LogP contribution in [0.25, 0.3) is 0 Å². The van der Waals surface area contributed by atoms with Gasteiger partial charge in [-0.15, -0.1) is 0 Å². The van der Waals surface area contributed by atoms with E-state index in [4.69, 9.17) is 4.74 Å². The molecule has 3 aliphatic heterocycles. The van der Waals surface area contributed by atoms with E-state index in [2.05, 4.69) is 31.1 Å². The Balaban J connectivity index is 1.39. The first-order valence-corrected chi connectivity index (χ1v) is 10.8. The molecule has 4 heterocycles. The molecule has 0 N–H and O–H groups in total. The lowest BCUT2D eigenvalue weighted by Crippen LogP contribution is -2.44. The number of carbonyl (C=O) groups is 2. The standard InChI is InChI=1S/C24H28N4O3/c1-15(2)17-5-7-18(8-6-17)28-14-24-10-9-19(31-24)20(21(24)23(28)30)22(29)26(3)12-16-11-25-27(4)13-16/h5-11,13,15,19-21H,12,14H2,1-4H3/t19-,20+,21-,24-/m0/s1. The highest BCUT2D eigenvalue weighted by molar-refractivity contribution is 6.03. The summed E-state index contributed by atoms with van der Waals surface area (Å²) in [4.78, 5) is 30.4. The number of aromatic nitrogens is 2. The smallest absolute Gasteiger partial charge is 0.234 e. The van der Waals surface area contributed by atoms with Crippen LogP contribution in [0.1, 0.15) is 30.9 Å². The fourth-order valence-electron chi connectivity index (χ4n) is 5.20. The van der Waals surface area contributed by atoms with Crippen molar-refractivity contribution < 1.29 is 14.3 Å². The van der Waals surface area contributed by atoms with E-state index in [1.54, 1.807) is 27.7 Å². The zero-order valence-electron chi connectivity index (χ0n) is 18.4. The van der Waals surface area contributed by atoms with Gasteiger partial charge >= 0.3 is 0 Å². The molecule has 2 amide bonds. The molecular formula is C24H28N4O3. The van der Waals surface area contributed by atoms with Gasteiger partial charge in [-0.3, -0.25) is 14.3 Å². The molecule has 7 heteroatoms. The van der Waals surface area contributed by atoms with Gasteiger partial charge in [0.25, 0.3) is 0 Å². The Hall–Kier alpha value is -2.93. The van der Waals surface area contributed by atoms with Crippen molar-refractivity contribution in [1.82, 2.24) is 14.7 Å². The third-order valence-electron chi connectivity index (χ3n) is 6.81. The first-order chi connectivity index (χ1) is 14.8. The number of hydrogen-bond donors (Lipinski definition) is 0. The van der Waals surface area contributed by atoms with Crippen LogP contribution in [0.15, 0.2) is 48.8 Å². The second-order valence-electron chi connectivity index (χ2n) is 9.29. The lowest BCUT2D eigenvalue weighted by Gasteiger charge is -2.27. The van der Waals surface area contributed by atoms with E-state index >= 15 is 0 Å². The molecule has 31 heavy (non-hydrogen) atoms. The van der Waals surface area contributed by atoms with E-state index in [-0.39, 0.29) is 17.9 Å². The molecule has 4 atom stereocenters. The van der Waals surface area contributed by atoms with Crippen molar-refractivity contribution in [3.8, 4) is 0 Å². The van der Waals surface area contributed by atoms with Crippen molar-refractivity contribution in [1.29, 1.82) is 0 Å². The van der Waals surface area contributed by atoms with Crippen LogP contribution in [0, 0.1) is 11.8 Å². The summed E-state index contributed by atoms with van der Waals surface area (Å²) in [6.07, 6.45) is 7.25. The first-order valence-electron chi connectivity index (χ1n) is 10.8. The van der Waals surface area contributed by atoms with Crippen molar-refractivity contribution in [3.05, 3.63) is 59.9 Å². The largest absolute Gasteiger partial charge is 0.360 e. The van der Waals surface area contributed by atoms with Crippen molar-refractivity contribution in [2.45, 2.75) is 38.0 Å². The Morgan fingerprint density at radius 3 is 2.71 bits per heavy atom. The third kappa shape index (κ3) is 3.10. The molecule has 2 bridgehead atoms. The highest BCUT2D eigenvalue weighted by Gasteiger charge is 2.67. The van der Waals surface area contributed by atoms with Gasteiger partial charge in [0, 0.05) is 38.1 Å². The van der Waals surface area contributed by atoms with Gasteiger partial charge in [-0.2, -0.15) is 5.10 Å². The average molecular weight is 421 g/mol. The van der Waals surface area contributed by atoms with Crippen molar-refractivity contribution in [2.75, 3.05) is 18.5 Å². The summed E-state index contributed by atoms with van der Waals surface area (Å²) in [5, 5.41) is 4.17. The van der Waals surface area contributed by atoms with Crippen LogP contribution >= 0.6 is 0 Å². The zero-order chi connectivity index (χ0) is 21.9. The SMILES string of the molecule is CC(C)c1ccc(N2C[C@]34C=C[C@H](O3)[C@@H](C(=O)N(C)Cc3cnn(C)c3)[C@H]4C2=O)cc1. The number of nitrogens with zero attached hydrogens (tertiary/aromatic N) is 4. The predicted molar refractivity (Wildman–Crippen MR) is 116 cm³/mol. The minimum Gasteiger partial charge on any atom is -0.360 e. The molecule has 3 aliphatic rings. The second-order valence-corrected chi connectivity index (χ2v) is 9.29. The number of carbonyl (C=O) groups excluding carboxylic acids is 2. The predicted octanol–water partition coefficient (Wildman–Crippen LogP) is 2.49. The van der Waals surface area contributed by atoms with Gasteiger partial charge in [0.15, 0.2) is 0 Å². The van der Waals surface area contributed by atoms with Crippen LogP contribution in [0.4, 0.5) is 5.69 Å². The summed E-state index contributed by atoms with van der Waals surface area (Å²) in [5.41, 5.74) is 2.33. The molecule has 1 spiro atoms. The maximum atomic E-state index is 13.5. The fourth-order valence-corrected chi connectivity index (χ4v) is 5.20. The Kier molecular flexibility index (Phi) is 4.55. The summed E-state index contributed by atoms with van der Waals surface area (Å²) in [6.45, 7) is 5.19. The van der Waals surface area contributed by atoms with Crippen molar-refractivity contribution >= 4 is 17.5 Å². The molecule has 2 aromatic rings. The van der Waals surface area contributed by atoms with Gasteiger partial charge in [0.1, 0.15) is 5.60 Å². The van der Waals surface area contributed by atoms with Gasteiger partial charge in [-0.25, -0.2) is 0 Å². The highest BCUT2D eigenvalue weighted by Crippen LogP contribution is 2.53. The zero-order valence-corrected chi connectivity index (χ0v) is 18.4. The molecule has 1 aromatic carbocycles. The Bertz CT molecular complexity index is 1060. The van der Waals surface area contributed by atoms with E-state index in [9.17, 15) is 9.59 Å². The monoisotopic (exact) mass is 420 g/mol. The molecule has 0 saturated carbocycles. The van der Waals surface area contributed by atoms with Crippen LogP contribution in [-0.2, 0) is 27.9 Å². The van der Waals surface area contributed by atoms with Gasteiger partial charge < -0.3 is 14.5 Å². The quantitative estimate of drug-likeness (QED) is 0.697. The van der Waals surface area contributed by atoms with Crippen LogP contribution in [0.5, 0.6) is 0 Å². The van der Waals surface area contributed by atoms with Crippen molar-refractivity contribution in [3.63, 3.8) is 0 Å². The highest BCUT2D eigenvalue weighted by atomic mass is 16.5. The maximum absolute atomic E-state index is 13.5. The summed E-state index contributed by atoms with van der Waals surface area (Å²) < 4.78 is 7.99. The lowest BCUT2D eigenvalue weighted by molar-refractivity contribution is -0.139. The number of rotatable bonds is 5. The van der Waals surface area contributed by atoms with E-state index < -0.39 is 17.4 Å². The van der Waals surface area contributed by atoms with Gasteiger partial charge in [0.2, 0.25) is 11.8 Å². The molecule has 7 nitrogen and oxygen atoms in total. The van der Waals surface area contributed by atoms with E-state index in [1.807, 2.05) is 37.5 Å². The number of hydrogen-bond acceptors (Lipinski definition) is 4. The average Bonchev–Trinajstić information content (AvgIpc) is 3.49. The number of benzene rings is 1. The van der Waals surface area contributed by atoms with Gasteiger partial charge in [-0.1, -0.05) is 38.1 Å². The Morgan fingerprint density at radius 1 is 1.32 bits per heavy atom. The molecule has 0 radical (unpaired) electrons. The van der Waals surface area contributed by atoms with Gasteiger partial charge in [0.05, 0.1) is 30.7 Å². The fraction of sp³-hybridized carbons (Fsp3) is 0.458. The molecule has 2 saturated heterocycles. The Labute approximate surface area is 182 Å². The molecule has 0 aliphatic carbocycles. The number of aryl methyl sites for hydroxylation is 1. The molecule has 0 unspecified atom stereocenters. The molecule has 162 valence electrons. The third-order valence-corrected chi connectivity index (χ3v) is 6.81. The Morgan fingerprint density at radius 2 is 2.06 bits per heavy atom. The molecule has 2 fully saturated rings. The van der Waals surface area contributed by atoms with Gasteiger partial charge in [-0.05, 0) is 23.6 Å². The topological polar surface area (TPSA) is 67.7 Å². The molecule has 5 rings (SSSR count). The summed E-state index contributed by atoms with van der Waals surface area (Å²) in [5.74, 6) is -0.650. The first kappa shape index (κ1) is 20.0. The summed E-state index contributed by atoms with van der Waals surface area (Å²) >= 11 is 0.